The zero-order valence-corrected chi connectivity index (χ0v) is 10.6. The summed E-state index contributed by atoms with van der Waals surface area (Å²) >= 11 is 0. The predicted octanol–water partition coefficient (Wildman–Crippen LogP) is 1.77. The van der Waals surface area contributed by atoms with E-state index in [1.165, 1.54) is 23.0 Å². The lowest BCUT2D eigenvalue weighted by Crippen LogP contribution is -2.17. The van der Waals surface area contributed by atoms with Gasteiger partial charge in [0, 0.05) is 18.8 Å². The number of phenols is 1. The van der Waals surface area contributed by atoms with Gasteiger partial charge in [0.1, 0.15) is 11.4 Å². The van der Waals surface area contributed by atoms with Gasteiger partial charge < -0.3 is 10.4 Å². The topological polar surface area (TPSA) is 110 Å². The van der Waals surface area contributed by atoms with Gasteiger partial charge in [-0.2, -0.15) is 5.10 Å². The van der Waals surface area contributed by atoms with E-state index in [4.69, 9.17) is 0 Å². The number of aryl methyl sites for hydroxylation is 1. The molecule has 0 spiro atoms. The van der Waals surface area contributed by atoms with Gasteiger partial charge in [0.05, 0.1) is 16.7 Å². The fourth-order valence-corrected chi connectivity index (χ4v) is 1.70. The van der Waals surface area contributed by atoms with Crippen LogP contribution in [0.15, 0.2) is 30.5 Å². The maximum atomic E-state index is 12.0. The molecule has 1 aromatic heterocycles. The molecule has 0 bridgehead atoms. The van der Waals surface area contributed by atoms with Crippen molar-refractivity contribution in [2.45, 2.75) is 13.5 Å². The molecular weight excluding hydrogens is 264 g/mol. The summed E-state index contributed by atoms with van der Waals surface area (Å²) in [6, 6.07) is 5.00. The Labute approximate surface area is 113 Å². The van der Waals surface area contributed by atoms with Gasteiger partial charge in [-0.05, 0) is 19.1 Å². The van der Waals surface area contributed by atoms with Crippen LogP contribution >= 0.6 is 0 Å². The fourth-order valence-electron chi connectivity index (χ4n) is 1.70. The number of rotatable bonds is 4. The molecule has 8 heteroatoms. The maximum Gasteiger partial charge on any atom is 0.274 e. The highest BCUT2D eigenvalue weighted by molar-refractivity contribution is 6.03. The van der Waals surface area contributed by atoms with E-state index in [2.05, 4.69) is 10.4 Å². The van der Waals surface area contributed by atoms with E-state index < -0.39 is 10.8 Å². The summed E-state index contributed by atoms with van der Waals surface area (Å²) in [6.07, 6.45) is 1.49. The fraction of sp³-hybridized carbons (Fsp3) is 0.167. The van der Waals surface area contributed by atoms with Gasteiger partial charge in [-0.25, -0.2) is 0 Å². The van der Waals surface area contributed by atoms with Gasteiger partial charge >= 0.3 is 0 Å². The molecule has 1 heterocycles. The van der Waals surface area contributed by atoms with Crippen LogP contribution in [0.25, 0.3) is 0 Å². The standard InChI is InChI=1S/C12H12N4O4/c1-2-15-10(5-6-13-15)12(18)14-9-4-3-8(16(19)20)7-11(9)17/h3-7,17H,2H2,1H3,(H,14,18). The minimum absolute atomic E-state index is 0.101. The van der Waals surface area contributed by atoms with Crippen LogP contribution in [0.1, 0.15) is 17.4 Å². The van der Waals surface area contributed by atoms with Crippen molar-refractivity contribution in [3.05, 3.63) is 46.3 Å². The molecule has 1 amide bonds. The largest absolute Gasteiger partial charge is 0.506 e. The molecule has 2 aromatic rings. The average Bonchev–Trinajstić information content (AvgIpc) is 2.89. The molecule has 1 aromatic carbocycles. The van der Waals surface area contributed by atoms with Crippen LogP contribution in [0.3, 0.4) is 0 Å². The second-order valence-corrected chi connectivity index (χ2v) is 3.94. The van der Waals surface area contributed by atoms with Crippen LogP contribution in [0, 0.1) is 10.1 Å². The molecule has 0 aliphatic rings. The van der Waals surface area contributed by atoms with Crippen LogP contribution in [-0.4, -0.2) is 25.7 Å². The quantitative estimate of drug-likeness (QED) is 0.502. The monoisotopic (exact) mass is 276 g/mol. The van der Waals surface area contributed by atoms with Crippen LogP contribution in [0.2, 0.25) is 0 Å². The number of carbonyl (C=O) groups excluding carboxylic acids is 1. The van der Waals surface area contributed by atoms with Crippen LogP contribution in [0.5, 0.6) is 5.75 Å². The number of hydrogen-bond donors (Lipinski definition) is 2. The Bertz CT molecular complexity index is 665. The summed E-state index contributed by atoms with van der Waals surface area (Å²) < 4.78 is 1.50. The minimum atomic E-state index is -0.628. The Morgan fingerprint density at radius 1 is 1.50 bits per heavy atom. The number of anilines is 1. The van der Waals surface area contributed by atoms with Gasteiger partial charge in [0.25, 0.3) is 11.6 Å². The number of nitro benzene ring substituents is 1. The van der Waals surface area contributed by atoms with Crippen LogP contribution < -0.4 is 5.32 Å². The van der Waals surface area contributed by atoms with Crippen molar-refractivity contribution < 1.29 is 14.8 Å². The number of non-ortho nitro benzene ring substituents is 1. The summed E-state index contributed by atoms with van der Waals surface area (Å²) in [5.41, 5.74) is 0.189. The number of aromatic hydroxyl groups is 1. The van der Waals surface area contributed by atoms with E-state index >= 15 is 0 Å². The predicted molar refractivity (Wildman–Crippen MR) is 70.6 cm³/mol. The molecule has 20 heavy (non-hydrogen) atoms. The first-order chi connectivity index (χ1) is 9.52. The number of nitro groups is 1. The number of nitrogens with one attached hydrogen (secondary N) is 1. The third-order valence-electron chi connectivity index (χ3n) is 2.69. The second-order valence-electron chi connectivity index (χ2n) is 3.94. The van der Waals surface area contributed by atoms with Crippen LogP contribution in [-0.2, 0) is 6.54 Å². The normalized spacial score (nSPS) is 10.2. The van der Waals surface area contributed by atoms with E-state index in [1.54, 1.807) is 6.07 Å². The SMILES string of the molecule is CCn1nccc1C(=O)Nc1ccc([N+](=O)[O-])cc1O. The lowest BCUT2D eigenvalue weighted by atomic mass is 10.2. The molecule has 0 radical (unpaired) electrons. The van der Waals surface area contributed by atoms with Gasteiger partial charge in [-0.15, -0.1) is 0 Å². The van der Waals surface area contributed by atoms with Crippen molar-refractivity contribution in [1.29, 1.82) is 0 Å². The summed E-state index contributed by atoms with van der Waals surface area (Å²) in [4.78, 5) is 21.9. The Kier molecular flexibility index (Phi) is 3.65. The van der Waals surface area contributed by atoms with Gasteiger partial charge in [0.15, 0.2) is 0 Å². The molecule has 0 fully saturated rings. The highest BCUT2D eigenvalue weighted by Gasteiger charge is 2.15. The Morgan fingerprint density at radius 2 is 2.25 bits per heavy atom. The number of aromatic nitrogens is 2. The number of carbonyl (C=O) groups is 1. The highest BCUT2D eigenvalue weighted by Crippen LogP contribution is 2.28. The molecule has 0 saturated heterocycles. The molecule has 0 saturated carbocycles. The number of hydrogen-bond acceptors (Lipinski definition) is 5. The summed E-state index contributed by atoms with van der Waals surface area (Å²) in [6.45, 7) is 2.37. The third kappa shape index (κ3) is 2.58. The first kappa shape index (κ1) is 13.5. The zero-order valence-electron chi connectivity index (χ0n) is 10.6. The lowest BCUT2D eigenvalue weighted by molar-refractivity contribution is -0.384. The van der Waals surface area contributed by atoms with E-state index in [0.717, 1.165) is 6.07 Å². The van der Waals surface area contributed by atoms with E-state index in [9.17, 15) is 20.0 Å². The highest BCUT2D eigenvalue weighted by atomic mass is 16.6. The lowest BCUT2D eigenvalue weighted by Gasteiger charge is -2.08. The molecule has 2 rings (SSSR count). The van der Waals surface area contributed by atoms with Crippen molar-refractivity contribution in [2.75, 3.05) is 5.32 Å². The number of benzene rings is 1. The van der Waals surface area contributed by atoms with Crippen molar-refractivity contribution in [2.24, 2.45) is 0 Å². The van der Waals surface area contributed by atoms with Crippen molar-refractivity contribution >= 4 is 17.3 Å². The first-order valence-corrected chi connectivity index (χ1v) is 5.83. The Hall–Kier alpha value is -2.90. The molecular formula is C12H12N4O4. The zero-order chi connectivity index (χ0) is 14.7. The number of phenolic OH excluding ortho intramolecular Hbond substituents is 1. The Balaban J connectivity index is 2.22. The molecule has 0 aliphatic heterocycles. The maximum absolute atomic E-state index is 12.0. The first-order valence-electron chi connectivity index (χ1n) is 5.83. The molecule has 0 atom stereocenters. The van der Waals surface area contributed by atoms with E-state index in [0.29, 0.717) is 12.2 Å². The van der Waals surface area contributed by atoms with Crippen molar-refractivity contribution in [3.8, 4) is 5.75 Å². The summed E-state index contributed by atoms with van der Waals surface area (Å²) in [5.74, 6) is -0.816. The third-order valence-corrected chi connectivity index (χ3v) is 2.69. The number of amides is 1. The molecule has 2 N–H and O–H groups in total. The summed E-state index contributed by atoms with van der Waals surface area (Å²) in [5, 5.41) is 26.7. The smallest absolute Gasteiger partial charge is 0.274 e. The summed E-state index contributed by atoms with van der Waals surface area (Å²) in [7, 11) is 0. The second kappa shape index (κ2) is 5.39. The van der Waals surface area contributed by atoms with Crippen LogP contribution in [0.4, 0.5) is 11.4 Å². The molecule has 0 aliphatic carbocycles. The average molecular weight is 276 g/mol. The van der Waals surface area contributed by atoms with Gasteiger partial charge in [-0.3, -0.25) is 19.6 Å². The molecule has 104 valence electrons. The van der Waals surface area contributed by atoms with Crippen molar-refractivity contribution in [1.82, 2.24) is 9.78 Å². The van der Waals surface area contributed by atoms with E-state index in [1.807, 2.05) is 6.92 Å². The molecule has 0 unspecified atom stereocenters. The van der Waals surface area contributed by atoms with Gasteiger partial charge in [0.2, 0.25) is 0 Å². The minimum Gasteiger partial charge on any atom is -0.506 e. The number of nitrogens with zero attached hydrogens (tertiary/aromatic N) is 3. The van der Waals surface area contributed by atoms with Gasteiger partial charge in [-0.1, -0.05) is 0 Å². The molecule has 8 nitrogen and oxygen atoms in total. The van der Waals surface area contributed by atoms with Crippen molar-refractivity contribution in [3.63, 3.8) is 0 Å². The Morgan fingerprint density at radius 3 is 2.85 bits per heavy atom. The van der Waals surface area contributed by atoms with E-state index in [-0.39, 0.29) is 17.1 Å².